The van der Waals surface area contributed by atoms with Crippen LogP contribution in [0.3, 0.4) is 0 Å². The monoisotopic (exact) mass is 355 g/mol. The molecule has 0 amide bonds. The molecule has 0 atom stereocenters. The molecule has 0 unspecified atom stereocenters. The fraction of sp³-hybridized carbons (Fsp3) is 0.222. The van der Waals surface area contributed by atoms with Crippen LogP contribution in [0.2, 0.25) is 5.02 Å². The highest BCUT2D eigenvalue weighted by atomic mass is 35.5. The molecule has 7 heteroatoms. The molecule has 4 rings (SSSR count). The summed E-state index contributed by atoms with van der Waals surface area (Å²) in [5.74, 6) is -0.0149. The maximum Gasteiger partial charge on any atom is 0.330 e. The number of aromatic nitrogens is 3. The molecule has 2 aromatic heterocycles. The van der Waals surface area contributed by atoms with E-state index in [1.165, 1.54) is 10.8 Å². The summed E-state index contributed by atoms with van der Waals surface area (Å²) in [5.41, 5.74) is 1.13. The van der Waals surface area contributed by atoms with Gasteiger partial charge in [0, 0.05) is 23.2 Å². The average molecular weight is 356 g/mol. The Hall–Kier alpha value is -2.73. The van der Waals surface area contributed by atoms with Gasteiger partial charge in [-0.15, -0.1) is 0 Å². The van der Waals surface area contributed by atoms with Crippen molar-refractivity contribution in [3.8, 4) is 0 Å². The number of ketones is 1. The Balaban J connectivity index is 2.00. The molecule has 3 aromatic rings. The van der Waals surface area contributed by atoms with Crippen molar-refractivity contribution in [1.29, 1.82) is 0 Å². The molecule has 1 aliphatic rings. The molecule has 0 spiro atoms. The molecule has 6 nitrogen and oxygen atoms in total. The van der Waals surface area contributed by atoms with Gasteiger partial charge in [0.05, 0.1) is 11.9 Å². The number of Topliss-reactive ketones (excluding diaryl/α,β-unsaturated/α-hetero) is 1. The number of hydrogen-bond donors (Lipinski definition) is 1. The summed E-state index contributed by atoms with van der Waals surface area (Å²) in [7, 11) is 0. The number of halogens is 1. The number of benzene rings is 1. The first-order chi connectivity index (χ1) is 12.1. The number of H-pyrrole nitrogens is 1. The van der Waals surface area contributed by atoms with Gasteiger partial charge in [-0.1, -0.05) is 29.8 Å². The summed E-state index contributed by atoms with van der Waals surface area (Å²) in [6.45, 7) is 0.186. The van der Waals surface area contributed by atoms with E-state index in [0.717, 1.165) is 5.56 Å². The number of carbonyl (C=O) groups is 1. The van der Waals surface area contributed by atoms with Crippen molar-refractivity contribution in [3.63, 3.8) is 0 Å². The van der Waals surface area contributed by atoms with E-state index in [0.29, 0.717) is 40.8 Å². The van der Waals surface area contributed by atoms with Gasteiger partial charge in [-0.05, 0) is 30.0 Å². The summed E-state index contributed by atoms with van der Waals surface area (Å²) in [6, 6.07) is 7.19. The molecule has 126 valence electrons. The number of nitrogens with one attached hydrogen (secondary N) is 1. The van der Waals surface area contributed by atoms with Crippen LogP contribution in [-0.4, -0.2) is 20.3 Å². The molecule has 25 heavy (non-hydrogen) atoms. The van der Waals surface area contributed by atoms with Crippen molar-refractivity contribution in [1.82, 2.24) is 14.5 Å². The number of nitrogens with zero attached hydrogens (tertiary/aromatic N) is 2. The van der Waals surface area contributed by atoms with Crippen molar-refractivity contribution < 1.29 is 4.79 Å². The van der Waals surface area contributed by atoms with E-state index >= 15 is 0 Å². The minimum absolute atomic E-state index is 0.0149. The molecule has 2 heterocycles. The van der Waals surface area contributed by atoms with Gasteiger partial charge in [0.1, 0.15) is 5.65 Å². The highest BCUT2D eigenvalue weighted by Crippen LogP contribution is 2.25. The molecule has 1 aromatic carbocycles. The van der Waals surface area contributed by atoms with Crippen LogP contribution in [0.5, 0.6) is 0 Å². The number of aryl methyl sites for hydroxylation is 1. The highest BCUT2D eigenvalue weighted by Gasteiger charge is 2.23. The third kappa shape index (κ3) is 2.59. The zero-order valence-corrected chi connectivity index (χ0v) is 14.0. The number of carbonyl (C=O) groups excluding carboxylic acids is 1. The molecule has 0 bridgehead atoms. The third-order valence-electron chi connectivity index (χ3n) is 4.53. The van der Waals surface area contributed by atoms with E-state index in [1.54, 1.807) is 12.1 Å². The molecule has 0 saturated carbocycles. The van der Waals surface area contributed by atoms with Crippen LogP contribution >= 0.6 is 11.6 Å². The molecular weight excluding hydrogens is 342 g/mol. The lowest BCUT2D eigenvalue weighted by Gasteiger charge is -2.17. The van der Waals surface area contributed by atoms with Crippen molar-refractivity contribution >= 4 is 28.4 Å². The smallest absolute Gasteiger partial charge is 0.294 e. The fourth-order valence-corrected chi connectivity index (χ4v) is 3.50. The second kappa shape index (κ2) is 5.97. The number of fused-ring (bicyclic) bond motifs is 3. The SMILES string of the molecule is O=C1CCCc2c1cnc1c2c(=O)[nH]c(=O)n1Cc1ccccc1Cl. The quantitative estimate of drug-likeness (QED) is 0.764. The first-order valence-electron chi connectivity index (χ1n) is 7.97. The summed E-state index contributed by atoms with van der Waals surface area (Å²) in [6.07, 6.45) is 3.24. The molecular formula is C18H14ClN3O3. The van der Waals surface area contributed by atoms with Crippen LogP contribution in [-0.2, 0) is 13.0 Å². The number of aromatic amines is 1. The van der Waals surface area contributed by atoms with Gasteiger partial charge in [0.25, 0.3) is 5.56 Å². The number of hydrogen-bond acceptors (Lipinski definition) is 4. The second-order valence-corrected chi connectivity index (χ2v) is 6.47. The molecule has 0 aliphatic heterocycles. The van der Waals surface area contributed by atoms with Gasteiger partial charge in [-0.3, -0.25) is 19.1 Å². The van der Waals surface area contributed by atoms with Gasteiger partial charge < -0.3 is 0 Å². The van der Waals surface area contributed by atoms with Gasteiger partial charge in [0.2, 0.25) is 0 Å². The van der Waals surface area contributed by atoms with Gasteiger partial charge in [-0.2, -0.15) is 0 Å². The van der Waals surface area contributed by atoms with Crippen LogP contribution in [0.15, 0.2) is 40.1 Å². The van der Waals surface area contributed by atoms with E-state index in [2.05, 4.69) is 9.97 Å². The van der Waals surface area contributed by atoms with Crippen molar-refractivity contribution in [3.05, 3.63) is 73.0 Å². The van der Waals surface area contributed by atoms with E-state index in [4.69, 9.17) is 11.6 Å². The predicted octanol–water partition coefficient (Wildman–Crippen LogP) is 2.31. The fourth-order valence-electron chi connectivity index (χ4n) is 3.31. The minimum Gasteiger partial charge on any atom is -0.294 e. The van der Waals surface area contributed by atoms with Crippen molar-refractivity contribution in [2.75, 3.05) is 0 Å². The predicted molar refractivity (Wildman–Crippen MR) is 94.4 cm³/mol. The second-order valence-electron chi connectivity index (χ2n) is 6.06. The van der Waals surface area contributed by atoms with Crippen LogP contribution < -0.4 is 11.2 Å². The van der Waals surface area contributed by atoms with Crippen LogP contribution in [0, 0.1) is 0 Å². The third-order valence-corrected chi connectivity index (χ3v) is 4.90. The summed E-state index contributed by atoms with van der Waals surface area (Å²) in [4.78, 5) is 43.5. The number of pyridine rings is 1. The summed E-state index contributed by atoms with van der Waals surface area (Å²) >= 11 is 6.19. The van der Waals surface area contributed by atoms with E-state index < -0.39 is 11.2 Å². The number of rotatable bonds is 2. The maximum absolute atomic E-state index is 12.4. The molecule has 0 saturated heterocycles. The molecule has 1 N–H and O–H groups in total. The Bertz CT molecular complexity index is 1130. The van der Waals surface area contributed by atoms with Crippen molar-refractivity contribution in [2.45, 2.75) is 25.8 Å². The van der Waals surface area contributed by atoms with E-state index in [1.807, 2.05) is 12.1 Å². The Morgan fingerprint density at radius 3 is 2.76 bits per heavy atom. The Labute approximate surface area is 147 Å². The van der Waals surface area contributed by atoms with E-state index in [9.17, 15) is 14.4 Å². The van der Waals surface area contributed by atoms with Gasteiger partial charge >= 0.3 is 5.69 Å². The summed E-state index contributed by atoms with van der Waals surface area (Å²) < 4.78 is 1.39. The Kier molecular flexibility index (Phi) is 3.77. The highest BCUT2D eigenvalue weighted by molar-refractivity contribution is 6.31. The Morgan fingerprint density at radius 2 is 1.96 bits per heavy atom. The molecule has 1 aliphatic carbocycles. The van der Waals surface area contributed by atoms with Crippen LogP contribution in [0.25, 0.3) is 11.0 Å². The first kappa shape index (κ1) is 15.8. The van der Waals surface area contributed by atoms with Gasteiger partial charge in [0.15, 0.2) is 5.78 Å². The zero-order chi connectivity index (χ0) is 17.6. The minimum atomic E-state index is -0.549. The summed E-state index contributed by atoms with van der Waals surface area (Å²) in [5, 5.41) is 0.846. The largest absolute Gasteiger partial charge is 0.330 e. The van der Waals surface area contributed by atoms with Crippen LogP contribution in [0.4, 0.5) is 0 Å². The van der Waals surface area contributed by atoms with Crippen LogP contribution in [0.1, 0.15) is 34.3 Å². The maximum atomic E-state index is 12.4. The lowest BCUT2D eigenvalue weighted by molar-refractivity contribution is 0.0972. The zero-order valence-electron chi connectivity index (χ0n) is 13.2. The Morgan fingerprint density at radius 1 is 1.16 bits per heavy atom. The van der Waals surface area contributed by atoms with Crippen molar-refractivity contribution in [2.24, 2.45) is 0 Å². The topological polar surface area (TPSA) is 84.8 Å². The lowest BCUT2D eigenvalue weighted by Crippen LogP contribution is -2.32. The lowest BCUT2D eigenvalue weighted by atomic mass is 9.90. The molecule has 0 radical (unpaired) electrons. The van der Waals surface area contributed by atoms with E-state index in [-0.39, 0.29) is 18.0 Å². The van der Waals surface area contributed by atoms with Gasteiger partial charge in [-0.25, -0.2) is 9.78 Å². The standard InChI is InChI=1S/C18H14ClN3O3/c19-13-6-2-1-4-10(13)9-22-16-15(17(24)21-18(22)25)11-5-3-7-14(23)12(11)8-20-16/h1-2,4,6,8H,3,5,7,9H2,(H,21,24,25). The first-order valence-corrected chi connectivity index (χ1v) is 8.35. The average Bonchev–Trinajstić information content (AvgIpc) is 2.59. The molecule has 0 fully saturated rings. The normalized spacial score (nSPS) is 13.9.